The van der Waals surface area contributed by atoms with Gasteiger partial charge >= 0.3 is 0 Å². The molecule has 0 fully saturated rings. The SMILES string of the molecule is C=C(C(=O)Nc1cc(-c2ccc(F)cc2Cl)no1)c1ccc(-c2nn(C(C)C)c(N)c2C#N)nc1. The van der Waals surface area contributed by atoms with Gasteiger partial charge in [-0.05, 0) is 38.1 Å². The number of nitrogens with two attached hydrogens (primary N) is 1. The molecule has 35 heavy (non-hydrogen) atoms. The molecule has 3 aromatic heterocycles. The van der Waals surface area contributed by atoms with Gasteiger partial charge in [-0.15, -0.1) is 0 Å². The molecule has 0 bridgehead atoms. The topological polar surface area (TPSA) is 136 Å². The molecule has 176 valence electrons. The Morgan fingerprint density at radius 2 is 2.06 bits per heavy atom. The van der Waals surface area contributed by atoms with Crippen molar-refractivity contribution in [2.45, 2.75) is 19.9 Å². The summed E-state index contributed by atoms with van der Waals surface area (Å²) in [6.45, 7) is 7.62. The summed E-state index contributed by atoms with van der Waals surface area (Å²) in [5.74, 6) is -0.698. The molecule has 0 atom stereocenters. The minimum atomic E-state index is -0.543. The van der Waals surface area contributed by atoms with Crippen LogP contribution in [0.1, 0.15) is 31.0 Å². The maximum Gasteiger partial charge on any atom is 0.258 e. The highest BCUT2D eigenvalue weighted by atomic mass is 35.5. The molecule has 3 heterocycles. The van der Waals surface area contributed by atoms with Crippen molar-refractivity contribution in [1.29, 1.82) is 5.26 Å². The third-order valence-corrected chi connectivity index (χ3v) is 5.44. The summed E-state index contributed by atoms with van der Waals surface area (Å²) in [7, 11) is 0. The molecule has 4 rings (SSSR count). The summed E-state index contributed by atoms with van der Waals surface area (Å²) < 4.78 is 20.0. The van der Waals surface area contributed by atoms with Gasteiger partial charge in [0.15, 0.2) is 0 Å². The number of hydrogen-bond acceptors (Lipinski definition) is 7. The Labute approximate surface area is 204 Å². The molecular weight excluding hydrogens is 473 g/mol. The van der Waals surface area contributed by atoms with Crippen molar-refractivity contribution in [3.63, 3.8) is 0 Å². The Hall–Kier alpha value is -4.49. The molecule has 0 aliphatic rings. The second-order valence-corrected chi connectivity index (χ2v) is 8.23. The average molecular weight is 492 g/mol. The third kappa shape index (κ3) is 4.62. The lowest BCUT2D eigenvalue weighted by molar-refractivity contribution is -0.111. The van der Waals surface area contributed by atoms with E-state index in [2.05, 4.69) is 33.2 Å². The van der Waals surface area contributed by atoms with E-state index in [0.29, 0.717) is 28.2 Å². The summed E-state index contributed by atoms with van der Waals surface area (Å²) in [4.78, 5) is 17.0. The fourth-order valence-corrected chi connectivity index (χ4v) is 3.58. The zero-order chi connectivity index (χ0) is 25.3. The first-order valence-corrected chi connectivity index (χ1v) is 10.7. The molecule has 0 unspecified atom stereocenters. The summed E-state index contributed by atoms with van der Waals surface area (Å²) in [6, 6.07) is 10.6. The van der Waals surface area contributed by atoms with E-state index in [1.165, 1.54) is 24.4 Å². The Balaban J connectivity index is 1.50. The Kier molecular flexibility index (Phi) is 6.36. The smallest absolute Gasteiger partial charge is 0.258 e. The van der Waals surface area contributed by atoms with Crippen LogP contribution in [0.25, 0.3) is 28.2 Å². The third-order valence-electron chi connectivity index (χ3n) is 5.13. The normalized spacial score (nSPS) is 10.9. The Bertz CT molecular complexity index is 1480. The van der Waals surface area contributed by atoms with Gasteiger partial charge in [-0.25, -0.2) is 9.07 Å². The average Bonchev–Trinajstić information content (AvgIpc) is 3.42. The number of amides is 1. The van der Waals surface area contributed by atoms with Crippen molar-refractivity contribution in [2.24, 2.45) is 0 Å². The maximum absolute atomic E-state index is 13.3. The van der Waals surface area contributed by atoms with Crippen LogP contribution in [0.5, 0.6) is 0 Å². The summed E-state index contributed by atoms with van der Waals surface area (Å²) in [6.07, 6.45) is 1.45. The van der Waals surface area contributed by atoms with Gasteiger partial charge < -0.3 is 10.3 Å². The van der Waals surface area contributed by atoms with E-state index >= 15 is 0 Å². The zero-order valence-electron chi connectivity index (χ0n) is 18.7. The molecule has 1 aromatic carbocycles. The predicted molar refractivity (Wildman–Crippen MR) is 130 cm³/mol. The summed E-state index contributed by atoms with van der Waals surface area (Å²) in [5, 5.41) is 20.5. The van der Waals surface area contributed by atoms with E-state index in [-0.39, 0.29) is 33.9 Å². The molecule has 3 N–H and O–H groups in total. The van der Waals surface area contributed by atoms with Crippen molar-refractivity contribution >= 4 is 34.8 Å². The number of carbonyl (C=O) groups excluding carboxylic acids is 1. The second-order valence-electron chi connectivity index (χ2n) is 7.82. The van der Waals surface area contributed by atoms with Crippen molar-refractivity contribution < 1.29 is 13.7 Å². The van der Waals surface area contributed by atoms with Gasteiger partial charge in [0.1, 0.15) is 34.7 Å². The first-order valence-electron chi connectivity index (χ1n) is 10.4. The summed E-state index contributed by atoms with van der Waals surface area (Å²) in [5.41, 5.74) is 8.41. The summed E-state index contributed by atoms with van der Waals surface area (Å²) >= 11 is 6.05. The number of aromatic nitrogens is 4. The van der Waals surface area contributed by atoms with E-state index in [0.717, 1.165) is 6.07 Å². The van der Waals surface area contributed by atoms with Crippen LogP contribution in [-0.2, 0) is 4.79 Å². The predicted octanol–water partition coefficient (Wildman–Crippen LogP) is 5.08. The standard InChI is InChI=1S/C24H19ClFN7O2/c1-12(2)33-23(28)17(10-27)22(31-33)19-7-4-14(11-29-19)13(3)24(34)30-21-9-20(32-35-21)16-6-5-15(26)8-18(16)25/h4-9,11-12H,3,28H2,1-2H3,(H,30,34). The highest BCUT2D eigenvalue weighted by molar-refractivity contribution is 6.33. The molecule has 0 aliphatic carbocycles. The van der Waals surface area contributed by atoms with Crippen LogP contribution in [0.4, 0.5) is 16.1 Å². The fourth-order valence-electron chi connectivity index (χ4n) is 3.32. The second kappa shape index (κ2) is 9.40. The van der Waals surface area contributed by atoms with Crippen molar-refractivity contribution in [2.75, 3.05) is 11.1 Å². The number of nitrogen functional groups attached to an aromatic ring is 1. The van der Waals surface area contributed by atoms with E-state index in [9.17, 15) is 14.4 Å². The molecule has 9 nitrogen and oxygen atoms in total. The lowest BCUT2D eigenvalue weighted by atomic mass is 10.1. The minimum absolute atomic E-state index is 0.0331. The van der Waals surface area contributed by atoms with Crippen molar-refractivity contribution in [1.82, 2.24) is 19.9 Å². The van der Waals surface area contributed by atoms with Gasteiger partial charge in [0.05, 0.1) is 10.7 Å². The molecule has 0 spiro atoms. The van der Waals surface area contributed by atoms with Gasteiger partial charge in [-0.2, -0.15) is 10.4 Å². The van der Waals surface area contributed by atoms with Gasteiger partial charge in [-0.1, -0.05) is 29.4 Å². The van der Waals surface area contributed by atoms with E-state index in [1.54, 1.807) is 16.8 Å². The first kappa shape index (κ1) is 23.7. The lowest BCUT2D eigenvalue weighted by Gasteiger charge is -2.07. The number of nitriles is 1. The van der Waals surface area contributed by atoms with Crippen LogP contribution in [0, 0.1) is 17.1 Å². The van der Waals surface area contributed by atoms with Gasteiger partial charge in [0.2, 0.25) is 5.88 Å². The minimum Gasteiger partial charge on any atom is -0.383 e. The number of carbonyl (C=O) groups is 1. The van der Waals surface area contributed by atoms with Crippen molar-refractivity contribution in [3.8, 4) is 28.7 Å². The lowest BCUT2D eigenvalue weighted by Crippen LogP contribution is -2.12. The molecule has 0 saturated carbocycles. The van der Waals surface area contributed by atoms with Crippen LogP contribution >= 0.6 is 11.6 Å². The van der Waals surface area contributed by atoms with Crippen LogP contribution in [0.2, 0.25) is 5.02 Å². The van der Waals surface area contributed by atoms with Crippen LogP contribution in [0.15, 0.2) is 53.7 Å². The molecule has 0 aliphatic heterocycles. The number of nitrogens with one attached hydrogen (secondary N) is 1. The number of rotatable bonds is 6. The molecule has 11 heteroatoms. The number of hydrogen-bond donors (Lipinski definition) is 2. The number of benzene rings is 1. The molecule has 0 saturated heterocycles. The maximum atomic E-state index is 13.3. The van der Waals surface area contributed by atoms with Crippen LogP contribution < -0.4 is 11.1 Å². The largest absolute Gasteiger partial charge is 0.383 e. The Morgan fingerprint density at radius 3 is 2.69 bits per heavy atom. The molecule has 4 aromatic rings. The quantitative estimate of drug-likeness (QED) is 0.359. The number of nitrogens with zero attached hydrogens (tertiary/aromatic N) is 5. The fraction of sp³-hybridized carbons (Fsp3) is 0.125. The Morgan fingerprint density at radius 1 is 1.29 bits per heavy atom. The van der Waals surface area contributed by atoms with Gasteiger partial charge in [-0.3, -0.25) is 15.1 Å². The monoisotopic (exact) mass is 491 g/mol. The van der Waals surface area contributed by atoms with E-state index < -0.39 is 11.7 Å². The van der Waals surface area contributed by atoms with Gasteiger partial charge in [0.25, 0.3) is 5.91 Å². The molecule has 0 radical (unpaired) electrons. The van der Waals surface area contributed by atoms with Crippen LogP contribution in [0.3, 0.4) is 0 Å². The zero-order valence-corrected chi connectivity index (χ0v) is 19.5. The molecular formula is C24H19ClFN7O2. The van der Waals surface area contributed by atoms with Crippen molar-refractivity contribution in [3.05, 3.63) is 71.1 Å². The van der Waals surface area contributed by atoms with E-state index in [4.69, 9.17) is 21.9 Å². The van der Waals surface area contributed by atoms with Crippen LogP contribution in [-0.4, -0.2) is 25.8 Å². The first-order chi connectivity index (χ1) is 16.7. The molecule has 1 amide bonds. The number of pyridine rings is 1. The number of halogens is 2. The highest BCUT2D eigenvalue weighted by Gasteiger charge is 2.20. The number of anilines is 2. The van der Waals surface area contributed by atoms with E-state index in [1.807, 2.05) is 13.8 Å². The highest BCUT2D eigenvalue weighted by Crippen LogP contribution is 2.30. The van der Waals surface area contributed by atoms with Gasteiger partial charge in [0, 0.05) is 35.0 Å².